The average molecular weight is 319 g/mol. The molecule has 0 aliphatic heterocycles. The summed E-state index contributed by atoms with van der Waals surface area (Å²) >= 11 is 0. The van der Waals surface area contributed by atoms with Crippen molar-refractivity contribution in [2.75, 3.05) is 0 Å². The average Bonchev–Trinajstić information content (AvgIpc) is 3.18. The number of nitrogens with one attached hydrogen (secondary N) is 1. The first-order valence-electron chi connectivity index (χ1n) is 8.60. The van der Waals surface area contributed by atoms with Gasteiger partial charge in [-0.05, 0) is 38.7 Å². The summed E-state index contributed by atoms with van der Waals surface area (Å²) in [5.74, 6) is -1.63. The van der Waals surface area contributed by atoms with Gasteiger partial charge in [0.25, 0.3) is 5.91 Å². The zero-order valence-electron chi connectivity index (χ0n) is 13.6. The number of nitrogens with zero attached hydrogens (tertiary/aromatic N) is 2. The molecule has 0 radical (unpaired) electrons. The van der Waals surface area contributed by atoms with Crippen molar-refractivity contribution in [1.29, 1.82) is 0 Å². The van der Waals surface area contributed by atoms with Crippen LogP contribution in [0.3, 0.4) is 0 Å². The molecule has 2 unspecified atom stereocenters. The number of hydrogen-bond acceptors (Lipinski definition) is 3. The van der Waals surface area contributed by atoms with Gasteiger partial charge < -0.3 is 10.4 Å². The van der Waals surface area contributed by atoms with Gasteiger partial charge in [-0.25, -0.2) is 0 Å². The maximum absolute atomic E-state index is 12.5. The Kier molecular flexibility index (Phi) is 4.41. The van der Waals surface area contributed by atoms with Crippen LogP contribution in [0.1, 0.15) is 74.8 Å². The minimum atomic E-state index is -0.830. The molecular formula is C17H25N3O3. The summed E-state index contributed by atoms with van der Waals surface area (Å²) in [5.41, 5.74) is -0.314. The van der Waals surface area contributed by atoms with Crippen LogP contribution in [0.5, 0.6) is 0 Å². The quantitative estimate of drug-likeness (QED) is 0.893. The van der Waals surface area contributed by atoms with Gasteiger partial charge in [-0.3, -0.25) is 14.3 Å². The molecular weight excluding hydrogens is 294 g/mol. The van der Waals surface area contributed by atoms with Gasteiger partial charge in [0, 0.05) is 6.20 Å². The summed E-state index contributed by atoms with van der Waals surface area (Å²) in [6.07, 6.45) is 9.66. The molecule has 0 spiro atoms. The number of aromatic nitrogens is 2. The second-order valence-corrected chi connectivity index (χ2v) is 7.13. The zero-order chi connectivity index (χ0) is 16.4. The number of aliphatic carboxylic acids is 1. The number of carbonyl (C=O) groups is 2. The van der Waals surface area contributed by atoms with Gasteiger partial charge in [-0.1, -0.05) is 25.7 Å². The first-order valence-corrected chi connectivity index (χ1v) is 8.60. The van der Waals surface area contributed by atoms with E-state index in [1.54, 1.807) is 6.07 Å². The van der Waals surface area contributed by atoms with Crippen LogP contribution >= 0.6 is 0 Å². The number of carbonyl (C=O) groups excluding carboxylic acids is 1. The summed E-state index contributed by atoms with van der Waals surface area (Å²) in [6, 6.07) is 2.13. The minimum absolute atomic E-state index is 0.266. The minimum Gasteiger partial charge on any atom is -0.481 e. The van der Waals surface area contributed by atoms with Crippen LogP contribution in [0, 0.1) is 5.92 Å². The number of carboxylic acid groups (broad SMARTS) is 1. The Labute approximate surface area is 136 Å². The van der Waals surface area contributed by atoms with Crippen LogP contribution in [0.25, 0.3) is 0 Å². The van der Waals surface area contributed by atoms with Crippen molar-refractivity contribution in [3.05, 3.63) is 18.0 Å². The van der Waals surface area contributed by atoms with Crippen LogP contribution < -0.4 is 5.32 Å². The fourth-order valence-electron chi connectivity index (χ4n) is 4.03. The molecule has 2 N–H and O–H groups in total. The molecule has 0 saturated heterocycles. The Morgan fingerprint density at radius 2 is 1.96 bits per heavy atom. The topological polar surface area (TPSA) is 84.2 Å². The highest BCUT2D eigenvalue weighted by Crippen LogP contribution is 2.34. The predicted molar refractivity (Wildman–Crippen MR) is 85.2 cm³/mol. The van der Waals surface area contributed by atoms with E-state index >= 15 is 0 Å². The normalized spacial score (nSPS) is 28.7. The van der Waals surface area contributed by atoms with Gasteiger partial charge in [-0.15, -0.1) is 0 Å². The van der Waals surface area contributed by atoms with Crippen molar-refractivity contribution >= 4 is 11.9 Å². The maximum atomic E-state index is 12.5. The monoisotopic (exact) mass is 319 g/mol. The van der Waals surface area contributed by atoms with E-state index in [0.717, 1.165) is 25.7 Å². The van der Waals surface area contributed by atoms with Crippen molar-refractivity contribution in [1.82, 2.24) is 15.1 Å². The lowest BCUT2D eigenvalue weighted by Gasteiger charge is -2.39. The Morgan fingerprint density at radius 1 is 1.26 bits per heavy atom. The Morgan fingerprint density at radius 3 is 2.65 bits per heavy atom. The second-order valence-electron chi connectivity index (χ2n) is 7.13. The molecule has 3 rings (SSSR count). The highest BCUT2D eigenvalue weighted by atomic mass is 16.4. The highest BCUT2D eigenvalue weighted by Gasteiger charge is 2.42. The van der Waals surface area contributed by atoms with E-state index in [9.17, 15) is 14.7 Å². The Bertz CT molecular complexity index is 592. The van der Waals surface area contributed by atoms with Crippen molar-refractivity contribution in [2.45, 2.75) is 69.9 Å². The van der Waals surface area contributed by atoms with Crippen LogP contribution in [0.15, 0.2) is 12.3 Å². The maximum Gasteiger partial charge on any atom is 0.308 e. The fourth-order valence-corrected chi connectivity index (χ4v) is 4.03. The summed E-state index contributed by atoms with van der Waals surface area (Å²) in [5, 5.41) is 16.8. The summed E-state index contributed by atoms with van der Waals surface area (Å²) in [6.45, 7) is 1.84. The molecule has 2 aliphatic carbocycles. The van der Waals surface area contributed by atoms with Gasteiger partial charge in [0.05, 0.1) is 17.5 Å². The third kappa shape index (κ3) is 3.26. The third-order valence-electron chi connectivity index (χ3n) is 5.44. The fraction of sp³-hybridized carbons (Fsp3) is 0.706. The predicted octanol–water partition coefficient (Wildman–Crippen LogP) is 2.76. The number of rotatable bonds is 4. The van der Waals surface area contributed by atoms with Gasteiger partial charge in [0.2, 0.25) is 0 Å². The van der Waals surface area contributed by atoms with Crippen molar-refractivity contribution in [3.8, 4) is 0 Å². The van der Waals surface area contributed by atoms with Crippen LogP contribution in [-0.2, 0) is 4.79 Å². The smallest absolute Gasteiger partial charge is 0.308 e. The summed E-state index contributed by atoms with van der Waals surface area (Å²) in [7, 11) is 0. The molecule has 0 aromatic carbocycles. The molecule has 6 heteroatoms. The second kappa shape index (κ2) is 6.34. The molecule has 2 atom stereocenters. The Hall–Kier alpha value is -1.85. The van der Waals surface area contributed by atoms with E-state index in [-0.39, 0.29) is 5.91 Å². The highest BCUT2D eigenvalue weighted by molar-refractivity contribution is 5.93. The molecule has 2 aliphatic rings. The van der Waals surface area contributed by atoms with E-state index in [1.165, 1.54) is 12.8 Å². The van der Waals surface area contributed by atoms with E-state index in [0.29, 0.717) is 24.6 Å². The van der Waals surface area contributed by atoms with E-state index in [4.69, 9.17) is 0 Å². The van der Waals surface area contributed by atoms with E-state index in [2.05, 4.69) is 10.4 Å². The van der Waals surface area contributed by atoms with Crippen molar-refractivity contribution in [3.63, 3.8) is 0 Å². The van der Waals surface area contributed by atoms with Gasteiger partial charge in [-0.2, -0.15) is 5.10 Å². The van der Waals surface area contributed by atoms with Gasteiger partial charge in [0.1, 0.15) is 5.69 Å². The molecule has 1 aromatic heterocycles. The largest absolute Gasteiger partial charge is 0.481 e. The first kappa shape index (κ1) is 16.0. The molecule has 0 bridgehead atoms. The standard InChI is InChI=1S/C17H25N3O3/c1-17(10-5-4-8-13(17)16(22)23)18-15(21)14-9-11-20(19-14)12-6-2-3-7-12/h9,11-13H,2-8,10H2,1H3,(H,18,21)(H,22,23). The van der Waals surface area contributed by atoms with Crippen molar-refractivity contribution in [2.24, 2.45) is 5.92 Å². The zero-order valence-corrected chi connectivity index (χ0v) is 13.6. The summed E-state index contributed by atoms with van der Waals surface area (Å²) < 4.78 is 1.89. The molecule has 6 nitrogen and oxygen atoms in total. The van der Waals surface area contributed by atoms with E-state index in [1.807, 2.05) is 17.8 Å². The van der Waals surface area contributed by atoms with Crippen LogP contribution in [0.4, 0.5) is 0 Å². The molecule has 2 saturated carbocycles. The SMILES string of the molecule is CC1(NC(=O)c2ccn(C3CCCC3)n2)CCCCC1C(=O)O. The molecule has 1 heterocycles. The van der Waals surface area contributed by atoms with Gasteiger partial charge in [0.15, 0.2) is 0 Å². The third-order valence-corrected chi connectivity index (χ3v) is 5.44. The molecule has 2 fully saturated rings. The Balaban J connectivity index is 1.71. The molecule has 1 aromatic rings. The van der Waals surface area contributed by atoms with Gasteiger partial charge >= 0.3 is 5.97 Å². The summed E-state index contributed by atoms with van der Waals surface area (Å²) in [4.78, 5) is 24.0. The van der Waals surface area contributed by atoms with Crippen LogP contribution in [-0.4, -0.2) is 32.3 Å². The number of hydrogen-bond donors (Lipinski definition) is 2. The van der Waals surface area contributed by atoms with Crippen LogP contribution in [0.2, 0.25) is 0 Å². The number of amides is 1. The lowest BCUT2D eigenvalue weighted by Crippen LogP contribution is -2.55. The molecule has 23 heavy (non-hydrogen) atoms. The molecule has 126 valence electrons. The lowest BCUT2D eigenvalue weighted by atomic mass is 9.74. The van der Waals surface area contributed by atoms with Crippen molar-refractivity contribution < 1.29 is 14.7 Å². The molecule has 1 amide bonds. The lowest BCUT2D eigenvalue weighted by molar-refractivity contribution is -0.145. The number of carboxylic acids is 1. The first-order chi connectivity index (χ1) is 11.0. The van der Waals surface area contributed by atoms with E-state index < -0.39 is 17.4 Å².